The second kappa shape index (κ2) is 5.03. The molecule has 1 atom stereocenters. The zero-order chi connectivity index (χ0) is 11.6. The van der Waals surface area contributed by atoms with Gasteiger partial charge in [-0.3, -0.25) is 0 Å². The van der Waals surface area contributed by atoms with Crippen LogP contribution in [0.5, 0.6) is 0 Å². The molecule has 0 spiro atoms. The fourth-order valence-corrected chi connectivity index (χ4v) is 2.89. The Kier molecular flexibility index (Phi) is 3.88. The van der Waals surface area contributed by atoms with E-state index < -0.39 is 0 Å². The van der Waals surface area contributed by atoms with Crippen molar-refractivity contribution in [2.45, 2.75) is 12.8 Å². The summed E-state index contributed by atoms with van der Waals surface area (Å²) >= 11 is 9.56. The van der Waals surface area contributed by atoms with Crippen LogP contribution in [0.1, 0.15) is 12.0 Å². The predicted molar refractivity (Wildman–Crippen MR) is 66.8 cm³/mol. The van der Waals surface area contributed by atoms with Crippen molar-refractivity contribution in [1.29, 1.82) is 0 Å². The Balaban J connectivity index is 2.19. The molecular formula is C12H13BrClFO. The van der Waals surface area contributed by atoms with Crippen LogP contribution in [0.2, 0.25) is 5.02 Å². The Morgan fingerprint density at radius 3 is 2.88 bits per heavy atom. The Morgan fingerprint density at radius 1 is 1.50 bits per heavy atom. The summed E-state index contributed by atoms with van der Waals surface area (Å²) in [4.78, 5) is 0. The highest BCUT2D eigenvalue weighted by Crippen LogP contribution is 2.36. The number of ether oxygens (including phenoxy) is 1. The van der Waals surface area contributed by atoms with E-state index >= 15 is 0 Å². The highest BCUT2D eigenvalue weighted by atomic mass is 79.9. The van der Waals surface area contributed by atoms with Gasteiger partial charge in [-0.2, -0.15) is 0 Å². The van der Waals surface area contributed by atoms with Crippen molar-refractivity contribution >= 4 is 27.5 Å². The number of hydrogen-bond acceptors (Lipinski definition) is 1. The highest BCUT2D eigenvalue weighted by Gasteiger charge is 2.34. The van der Waals surface area contributed by atoms with Crippen LogP contribution in [0.15, 0.2) is 18.2 Å². The third-order valence-electron chi connectivity index (χ3n) is 3.05. The van der Waals surface area contributed by atoms with Crippen molar-refractivity contribution in [3.8, 4) is 0 Å². The minimum atomic E-state index is -0.288. The molecule has 0 radical (unpaired) electrons. The second-order valence-corrected chi connectivity index (χ2v) is 5.32. The lowest BCUT2D eigenvalue weighted by Crippen LogP contribution is -2.26. The van der Waals surface area contributed by atoms with Crippen molar-refractivity contribution in [3.63, 3.8) is 0 Å². The quantitative estimate of drug-likeness (QED) is 0.771. The zero-order valence-electron chi connectivity index (χ0n) is 8.81. The molecule has 88 valence electrons. The first-order valence-electron chi connectivity index (χ1n) is 5.23. The molecule has 1 heterocycles. The molecule has 0 aliphatic carbocycles. The van der Waals surface area contributed by atoms with Crippen molar-refractivity contribution < 1.29 is 9.13 Å². The summed E-state index contributed by atoms with van der Waals surface area (Å²) in [6.45, 7) is 1.54. The molecule has 1 saturated heterocycles. The van der Waals surface area contributed by atoms with Gasteiger partial charge in [-0.1, -0.05) is 33.6 Å². The first kappa shape index (κ1) is 12.3. The van der Waals surface area contributed by atoms with E-state index in [1.807, 2.05) is 0 Å². The van der Waals surface area contributed by atoms with Crippen molar-refractivity contribution in [2.24, 2.45) is 5.41 Å². The van der Waals surface area contributed by atoms with Crippen molar-refractivity contribution in [1.82, 2.24) is 0 Å². The van der Waals surface area contributed by atoms with Gasteiger partial charge in [0.15, 0.2) is 0 Å². The second-order valence-electron chi connectivity index (χ2n) is 4.35. The van der Waals surface area contributed by atoms with Crippen LogP contribution in [0.25, 0.3) is 0 Å². The fourth-order valence-electron chi connectivity index (χ4n) is 2.01. The molecule has 0 amide bonds. The number of benzene rings is 1. The first-order valence-corrected chi connectivity index (χ1v) is 6.73. The molecule has 1 fully saturated rings. The first-order chi connectivity index (χ1) is 7.65. The third kappa shape index (κ3) is 2.58. The summed E-state index contributed by atoms with van der Waals surface area (Å²) in [5, 5.41) is 1.39. The van der Waals surface area contributed by atoms with Gasteiger partial charge in [0.25, 0.3) is 0 Å². The summed E-state index contributed by atoms with van der Waals surface area (Å²) in [6, 6.07) is 4.59. The van der Waals surface area contributed by atoms with E-state index in [1.165, 1.54) is 12.1 Å². The Bertz CT molecular complexity index is 377. The van der Waals surface area contributed by atoms with Crippen LogP contribution >= 0.6 is 27.5 Å². The van der Waals surface area contributed by atoms with E-state index in [1.54, 1.807) is 6.07 Å². The minimum Gasteiger partial charge on any atom is -0.381 e. The van der Waals surface area contributed by atoms with E-state index in [0.29, 0.717) is 5.02 Å². The van der Waals surface area contributed by atoms with Gasteiger partial charge in [0, 0.05) is 22.4 Å². The summed E-state index contributed by atoms with van der Waals surface area (Å²) in [7, 11) is 0. The van der Waals surface area contributed by atoms with Gasteiger partial charge >= 0.3 is 0 Å². The average Bonchev–Trinajstić information content (AvgIpc) is 2.72. The summed E-state index contributed by atoms with van der Waals surface area (Å²) < 4.78 is 18.4. The van der Waals surface area contributed by atoms with Crippen LogP contribution in [-0.2, 0) is 11.2 Å². The molecular weight excluding hydrogens is 294 g/mol. The molecule has 2 rings (SSSR count). The fraction of sp³-hybridized carbons (Fsp3) is 0.500. The third-order valence-corrected chi connectivity index (χ3v) is 4.59. The SMILES string of the molecule is Fc1ccc(CC2(CBr)CCOC2)c(Cl)c1. The van der Waals surface area contributed by atoms with E-state index in [2.05, 4.69) is 15.9 Å². The minimum absolute atomic E-state index is 0.113. The van der Waals surface area contributed by atoms with Gasteiger partial charge < -0.3 is 4.74 Å². The maximum absolute atomic E-state index is 12.9. The monoisotopic (exact) mass is 306 g/mol. The smallest absolute Gasteiger partial charge is 0.124 e. The molecule has 1 aliphatic heterocycles. The number of halogens is 3. The van der Waals surface area contributed by atoms with Crippen LogP contribution in [0, 0.1) is 11.2 Å². The van der Waals surface area contributed by atoms with Gasteiger partial charge in [0.2, 0.25) is 0 Å². The van der Waals surface area contributed by atoms with Crippen LogP contribution in [0.3, 0.4) is 0 Å². The molecule has 0 aromatic heterocycles. The van der Waals surface area contributed by atoms with E-state index in [-0.39, 0.29) is 11.2 Å². The predicted octanol–water partition coefficient (Wildman–Crippen LogP) is 3.82. The van der Waals surface area contributed by atoms with Crippen LogP contribution < -0.4 is 0 Å². The number of alkyl halides is 1. The maximum Gasteiger partial charge on any atom is 0.124 e. The van der Waals surface area contributed by atoms with Gasteiger partial charge in [-0.15, -0.1) is 0 Å². The zero-order valence-corrected chi connectivity index (χ0v) is 11.2. The summed E-state index contributed by atoms with van der Waals surface area (Å²) in [6.07, 6.45) is 1.85. The molecule has 4 heteroatoms. The van der Waals surface area contributed by atoms with Gasteiger partial charge in [0.1, 0.15) is 5.82 Å². The lowest BCUT2D eigenvalue weighted by molar-refractivity contribution is 0.162. The molecule has 0 bridgehead atoms. The van der Waals surface area contributed by atoms with E-state index in [0.717, 1.165) is 36.9 Å². The lowest BCUT2D eigenvalue weighted by atomic mass is 9.83. The molecule has 0 saturated carbocycles. The Hall–Kier alpha value is -0.120. The average molecular weight is 308 g/mol. The van der Waals surface area contributed by atoms with Gasteiger partial charge in [-0.05, 0) is 30.5 Å². The highest BCUT2D eigenvalue weighted by molar-refractivity contribution is 9.09. The number of rotatable bonds is 3. The standard InChI is InChI=1S/C12H13BrClFO/c13-7-12(3-4-16-8-12)6-9-1-2-10(15)5-11(9)14/h1-2,5H,3-4,6-8H2. The lowest BCUT2D eigenvalue weighted by Gasteiger charge is -2.25. The molecule has 1 aliphatic rings. The maximum atomic E-state index is 12.9. The molecule has 16 heavy (non-hydrogen) atoms. The van der Waals surface area contributed by atoms with Crippen LogP contribution in [-0.4, -0.2) is 18.5 Å². The summed E-state index contributed by atoms with van der Waals surface area (Å²) in [5.41, 5.74) is 1.11. The van der Waals surface area contributed by atoms with Gasteiger partial charge in [-0.25, -0.2) is 4.39 Å². The van der Waals surface area contributed by atoms with Crippen molar-refractivity contribution in [2.75, 3.05) is 18.5 Å². The largest absolute Gasteiger partial charge is 0.381 e. The molecule has 1 aromatic rings. The van der Waals surface area contributed by atoms with E-state index in [9.17, 15) is 4.39 Å². The van der Waals surface area contributed by atoms with Gasteiger partial charge in [0.05, 0.1) is 6.61 Å². The molecule has 1 unspecified atom stereocenters. The molecule has 0 N–H and O–H groups in total. The Labute approximate surface area is 108 Å². The van der Waals surface area contributed by atoms with E-state index in [4.69, 9.17) is 16.3 Å². The molecule has 1 nitrogen and oxygen atoms in total. The van der Waals surface area contributed by atoms with Crippen LogP contribution in [0.4, 0.5) is 4.39 Å². The number of hydrogen-bond donors (Lipinski definition) is 0. The van der Waals surface area contributed by atoms with Crippen molar-refractivity contribution in [3.05, 3.63) is 34.6 Å². The topological polar surface area (TPSA) is 9.23 Å². The Morgan fingerprint density at radius 2 is 2.31 bits per heavy atom. The normalized spacial score (nSPS) is 24.9. The summed E-state index contributed by atoms with van der Waals surface area (Å²) in [5.74, 6) is -0.288. The molecule has 1 aromatic carbocycles.